The molecule has 4 nitrogen and oxygen atoms in total. The van der Waals surface area contributed by atoms with Crippen molar-refractivity contribution in [2.45, 2.75) is 34.2 Å². The zero-order chi connectivity index (χ0) is 17.7. The molecule has 0 fully saturated rings. The van der Waals surface area contributed by atoms with E-state index >= 15 is 0 Å². The lowest BCUT2D eigenvalue weighted by Gasteiger charge is -2.11. The highest BCUT2D eigenvalue weighted by molar-refractivity contribution is 9.10. The lowest BCUT2D eigenvalue weighted by Crippen LogP contribution is -2.10. The van der Waals surface area contributed by atoms with Crippen LogP contribution in [0.1, 0.15) is 31.9 Å². The van der Waals surface area contributed by atoms with E-state index in [0.717, 1.165) is 33.5 Å². The first-order valence-corrected chi connectivity index (χ1v) is 8.82. The second-order valence-electron chi connectivity index (χ2n) is 5.37. The number of halogens is 1. The molecule has 0 saturated carbocycles. The molecule has 3 aromatic rings. The van der Waals surface area contributed by atoms with Gasteiger partial charge in [0.15, 0.2) is 0 Å². The maximum absolute atomic E-state index is 4.45. The summed E-state index contributed by atoms with van der Waals surface area (Å²) in [4.78, 5) is 4.45. The van der Waals surface area contributed by atoms with Gasteiger partial charge in [0.1, 0.15) is 6.33 Å². The second kappa shape index (κ2) is 8.11. The van der Waals surface area contributed by atoms with Crippen LogP contribution < -0.4 is 5.32 Å². The molecule has 0 atom stereocenters. The minimum absolute atomic E-state index is 0.789. The molecular weight excluding hydrogens is 364 g/mol. The summed E-state index contributed by atoms with van der Waals surface area (Å²) >= 11 is 3.49. The molecule has 5 heteroatoms. The number of aryl methyl sites for hydroxylation is 1. The standard InChI is InChI=1S/C17H17BrN4.C2H6/c1-11(2)19-8-14-5-4-13(6-12(14)3)17-16-7-15(18)9-22(16)21-10-20-17;1-2/h4-7,9-10,19H,1,8H2,2-3H3;1-2H3. The molecule has 0 bridgehead atoms. The second-order valence-corrected chi connectivity index (χ2v) is 6.29. The van der Waals surface area contributed by atoms with Crippen LogP contribution in [0, 0.1) is 6.92 Å². The Morgan fingerprint density at radius 3 is 2.71 bits per heavy atom. The summed E-state index contributed by atoms with van der Waals surface area (Å²) in [5.41, 5.74) is 6.47. The summed E-state index contributed by atoms with van der Waals surface area (Å²) in [6, 6.07) is 8.43. The number of nitrogens with one attached hydrogen (secondary N) is 1. The Morgan fingerprint density at radius 1 is 1.29 bits per heavy atom. The molecule has 1 N–H and O–H groups in total. The first-order valence-electron chi connectivity index (χ1n) is 8.03. The van der Waals surface area contributed by atoms with E-state index in [2.05, 4.69) is 63.0 Å². The van der Waals surface area contributed by atoms with Crippen molar-refractivity contribution in [3.05, 3.63) is 64.7 Å². The fourth-order valence-electron chi connectivity index (χ4n) is 2.41. The van der Waals surface area contributed by atoms with Crippen LogP contribution in [0.25, 0.3) is 16.8 Å². The van der Waals surface area contributed by atoms with Gasteiger partial charge in [0.05, 0.1) is 11.2 Å². The van der Waals surface area contributed by atoms with Gasteiger partial charge < -0.3 is 5.32 Å². The Balaban J connectivity index is 0.00000100. The largest absolute Gasteiger partial charge is 0.385 e. The molecule has 0 radical (unpaired) electrons. The Hall–Kier alpha value is -2.14. The summed E-state index contributed by atoms with van der Waals surface area (Å²) in [5, 5.41) is 7.50. The van der Waals surface area contributed by atoms with Crippen molar-refractivity contribution in [3.8, 4) is 11.3 Å². The molecule has 0 amide bonds. The van der Waals surface area contributed by atoms with Gasteiger partial charge in [0.2, 0.25) is 0 Å². The third kappa shape index (κ3) is 4.03. The van der Waals surface area contributed by atoms with Crippen molar-refractivity contribution < 1.29 is 0 Å². The zero-order valence-electron chi connectivity index (χ0n) is 14.6. The van der Waals surface area contributed by atoms with Gasteiger partial charge in [-0.3, -0.25) is 0 Å². The minimum atomic E-state index is 0.789. The lowest BCUT2D eigenvalue weighted by molar-refractivity contribution is 0.810. The van der Waals surface area contributed by atoms with E-state index in [1.807, 2.05) is 37.5 Å². The average molecular weight is 387 g/mol. The van der Waals surface area contributed by atoms with E-state index in [4.69, 9.17) is 0 Å². The van der Waals surface area contributed by atoms with Gasteiger partial charge in [-0.1, -0.05) is 32.6 Å². The highest BCUT2D eigenvalue weighted by Crippen LogP contribution is 2.26. The molecule has 0 unspecified atom stereocenters. The fourth-order valence-corrected chi connectivity index (χ4v) is 2.82. The van der Waals surface area contributed by atoms with Gasteiger partial charge in [0.25, 0.3) is 0 Å². The number of nitrogens with zero attached hydrogens (tertiary/aromatic N) is 3. The molecule has 0 saturated heterocycles. The summed E-state index contributed by atoms with van der Waals surface area (Å²) in [5.74, 6) is 0. The van der Waals surface area contributed by atoms with Gasteiger partial charge in [-0.15, -0.1) is 0 Å². The smallest absolute Gasteiger partial charge is 0.137 e. The number of benzene rings is 1. The SMILES string of the molecule is C=C(C)NCc1ccc(-c2ncnn3cc(Br)cc23)cc1C.CC. The number of allylic oxidation sites excluding steroid dienone is 1. The predicted octanol–water partition coefficient (Wildman–Crippen LogP) is 5.12. The van der Waals surface area contributed by atoms with E-state index in [0.29, 0.717) is 0 Å². The van der Waals surface area contributed by atoms with E-state index in [-0.39, 0.29) is 0 Å². The first kappa shape index (κ1) is 18.2. The van der Waals surface area contributed by atoms with Crippen molar-refractivity contribution in [1.29, 1.82) is 0 Å². The number of hydrogen-bond donors (Lipinski definition) is 1. The molecule has 2 aromatic heterocycles. The average Bonchev–Trinajstić information content (AvgIpc) is 2.95. The van der Waals surface area contributed by atoms with Gasteiger partial charge in [-0.2, -0.15) is 5.10 Å². The summed E-state index contributed by atoms with van der Waals surface area (Å²) in [7, 11) is 0. The molecule has 126 valence electrons. The fraction of sp³-hybridized carbons (Fsp3) is 0.263. The monoisotopic (exact) mass is 386 g/mol. The van der Waals surface area contributed by atoms with Crippen LogP contribution in [0.4, 0.5) is 0 Å². The third-order valence-corrected chi connectivity index (χ3v) is 4.00. The highest BCUT2D eigenvalue weighted by atomic mass is 79.9. The number of fused-ring (bicyclic) bond motifs is 1. The van der Waals surface area contributed by atoms with Crippen molar-refractivity contribution in [2.24, 2.45) is 0 Å². The number of aromatic nitrogens is 3. The van der Waals surface area contributed by atoms with Crippen molar-refractivity contribution in [1.82, 2.24) is 19.9 Å². The molecule has 3 rings (SSSR count). The maximum Gasteiger partial charge on any atom is 0.137 e. The van der Waals surface area contributed by atoms with Crippen LogP contribution in [0.5, 0.6) is 0 Å². The number of rotatable bonds is 4. The summed E-state index contributed by atoms with van der Waals surface area (Å²) in [6.07, 6.45) is 3.51. The van der Waals surface area contributed by atoms with Crippen LogP contribution in [-0.2, 0) is 6.54 Å². The van der Waals surface area contributed by atoms with Gasteiger partial charge in [-0.05, 0) is 53.0 Å². The lowest BCUT2D eigenvalue weighted by atomic mass is 10.0. The van der Waals surface area contributed by atoms with Crippen molar-refractivity contribution in [2.75, 3.05) is 0 Å². The molecular formula is C19H23BrN4. The van der Waals surface area contributed by atoms with Crippen molar-refractivity contribution >= 4 is 21.4 Å². The van der Waals surface area contributed by atoms with E-state index in [1.54, 1.807) is 6.33 Å². The Kier molecular flexibility index (Phi) is 6.15. The zero-order valence-corrected chi connectivity index (χ0v) is 16.2. The van der Waals surface area contributed by atoms with Crippen LogP contribution in [0.15, 0.2) is 53.5 Å². The molecule has 0 aliphatic carbocycles. The maximum atomic E-state index is 4.45. The third-order valence-electron chi connectivity index (χ3n) is 3.57. The number of hydrogen-bond acceptors (Lipinski definition) is 3. The van der Waals surface area contributed by atoms with E-state index in [1.165, 1.54) is 11.1 Å². The van der Waals surface area contributed by atoms with Crippen LogP contribution >= 0.6 is 15.9 Å². The molecule has 0 spiro atoms. The van der Waals surface area contributed by atoms with Crippen LogP contribution in [0.3, 0.4) is 0 Å². The quantitative estimate of drug-likeness (QED) is 0.676. The molecule has 0 aliphatic heterocycles. The highest BCUT2D eigenvalue weighted by Gasteiger charge is 2.09. The molecule has 24 heavy (non-hydrogen) atoms. The topological polar surface area (TPSA) is 42.2 Å². The van der Waals surface area contributed by atoms with Crippen molar-refractivity contribution in [3.63, 3.8) is 0 Å². The van der Waals surface area contributed by atoms with E-state index < -0.39 is 0 Å². The summed E-state index contributed by atoms with van der Waals surface area (Å²) < 4.78 is 2.83. The Labute approximate surface area is 151 Å². The Morgan fingerprint density at radius 2 is 2.04 bits per heavy atom. The van der Waals surface area contributed by atoms with Gasteiger partial charge >= 0.3 is 0 Å². The van der Waals surface area contributed by atoms with Gasteiger partial charge in [-0.25, -0.2) is 9.50 Å². The predicted molar refractivity (Wildman–Crippen MR) is 104 cm³/mol. The summed E-state index contributed by atoms with van der Waals surface area (Å²) in [6.45, 7) is 12.7. The van der Waals surface area contributed by atoms with Gasteiger partial charge in [0, 0.05) is 28.5 Å². The Bertz CT molecular complexity index is 852. The minimum Gasteiger partial charge on any atom is -0.385 e. The van der Waals surface area contributed by atoms with Crippen LogP contribution in [0.2, 0.25) is 0 Å². The molecule has 0 aliphatic rings. The normalized spacial score (nSPS) is 10.2. The molecule has 2 heterocycles. The van der Waals surface area contributed by atoms with E-state index in [9.17, 15) is 0 Å². The molecule has 1 aromatic carbocycles. The first-order chi connectivity index (χ1) is 11.5. The van der Waals surface area contributed by atoms with Crippen LogP contribution in [-0.4, -0.2) is 14.6 Å².